The molecular weight excluding hydrogens is 235 g/mol. The fourth-order valence-corrected chi connectivity index (χ4v) is 1.12. The van der Waals surface area contributed by atoms with Crippen LogP contribution in [0.1, 0.15) is 45.5 Å². The molecule has 4 nitrogen and oxygen atoms in total. The van der Waals surface area contributed by atoms with Gasteiger partial charge in [0.1, 0.15) is 12.2 Å². The van der Waals surface area contributed by atoms with Crippen molar-refractivity contribution in [2.45, 2.75) is 39.7 Å². The number of halogens is 2. The van der Waals surface area contributed by atoms with E-state index in [2.05, 4.69) is 36.0 Å². The second kappa shape index (κ2) is 7.04. The molecule has 0 spiro atoms. The standard InChI is InChI=1S/C9H18N4.2ClH/c1-9(2,3)5-4-7(10)8-11-6-12-13-8;;/h6-7H,4-5,10H2,1-3H3,(H,11,12,13);2*1H. The van der Waals surface area contributed by atoms with E-state index in [0.717, 1.165) is 18.7 Å². The van der Waals surface area contributed by atoms with Gasteiger partial charge < -0.3 is 5.73 Å². The molecule has 1 aromatic rings. The summed E-state index contributed by atoms with van der Waals surface area (Å²) in [6.07, 6.45) is 3.53. The number of hydrogen-bond acceptors (Lipinski definition) is 3. The van der Waals surface area contributed by atoms with E-state index in [9.17, 15) is 0 Å². The van der Waals surface area contributed by atoms with Gasteiger partial charge in [0.15, 0.2) is 0 Å². The average molecular weight is 255 g/mol. The smallest absolute Gasteiger partial charge is 0.141 e. The molecule has 1 unspecified atom stereocenters. The van der Waals surface area contributed by atoms with Crippen LogP contribution in [0.4, 0.5) is 0 Å². The second-order valence-corrected chi connectivity index (χ2v) is 4.58. The van der Waals surface area contributed by atoms with E-state index < -0.39 is 0 Å². The van der Waals surface area contributed by atoms with Crippen LogP contribution in [0, 0.1) is 5.41 Å². The predicted octanol–water partition coefficient (Wildman–Crippen LogP) is 2.47. The monoisotopic (exact) mass is 254 g/mol. The third-order valence-corrected chi connectivity index (χ3v) is 1.99. The van der Waals surface area contributed by atoms with Crippen LogP contribution in [0.25, 0.3) is 0 Å². The van der Waals surface area contributed by atoms with Crippen molar-refractivity contribution in [3.8, 4) is 0 Å². The van der Waals surface area contributed by atoms with Gasteiger partial charge in [-0.1, -0.05) is 20.8 Å². The average Bonchev–Trinajstić information content (AvgIpc) is 2.50. The zero-order valence-electron chi connectivity index (χ0n) is 9.36. The van der Waals surface area contributed by atoms with Crippen molar-refractivity contribution < 1.29 is 0 Å². The van der Waals surface area contributed by atoms with Crippen LogP contribution in [-0.2, 0) is 0 Å². The van der Waals surface area contributed by atoms with Gasteiger partial charge >= 0.3 is 0 Å². The van der Waals surface area contributed by atoms with Gasteiger partial charge in [-0.3, -0.25) is 5.10 Å². The van der Waals surface area contributed by atoms with Gasteiger partial charge in [-0.05, 0) is 18.3 Å². The molecule has 0 amide bonds. The molecule has 0 aliphatic heterocycles. The Morgan fingerprint density at radius 3 is 2.40 bits per heavy atom. The van der Waals surface area contributed by atoms with Crippen molar-refractivity contribution in [1.82, 2.24) is 15.2 Å². The fourth-order valence-electron chi connectivity index (χ4n) is 1.12. The van der Waals surface area contributed by atoms with Gasteiger partial charge in [0.05, 0.1) is 6.04 Å². The molecular formula is C9H20Cl2N4. The second-order valence-electron chi connectivity index (χ2n) is 4.58. The van der Waals surface area contributed by atoms with Gasteiger partial charge in [0.25, 0.3) is 0 Å². The quantitative estimate of drug-likeness (QED) is 0.871. The first-order valence-corrected chi connectivity index (χ1v) is 4.60. The largest absolute Gasteiger partial charge is 0.321 e. The van der Waals surface area contributed by atoms with E-state index in [1.54, 1.807) is 0 Å². The van der Waals surface area contributed by atoms with Gasteiger partial charge in [-0.2, -0.15) is 5.10 Å². The normalized spacial score (nSPS) is 12.5. The summed E-state index contributed by atoms with van der Waals surface area (Å²) in [4.78, 5) is 4.03. The van der Waals surface area contributed by atoms with E-state index in [4.69, 9.17) is 5.73 Å². The summed E-state index contributed by atoms with van der Waals surface area (Å²) in [7, 11) is 0. The van der Waals surface area contributed by atoms with Crippen molar-refractivity contribution in [3.63, 3.8) is 0 Å². The highest BCUT2D eigenvalue weighted by Gasteiger charge is 2.15. The molecule has 0 aromatic carbocycles. The van der Waals surface area contributed by atoms with Crippen molar-refractivity contribution in [2.75, 3.05) is 0 Å². The third kappa shape index (κ3) is 6.71. The number of aromatic amines is 1. The van der Waals surface area contributed by atoms with Crippen LogP contribution in [0.15, 0.2) is 6.33 Å². The lowest BCUT2D eigenvalue weighted by atomic mass is 9.89. The number of nitrogens with zero attached hydrogens (tertiary/aromatic N) is 2. The molecule has 0 aliphatic carbocycles. The Bertz CT molecular complexity index is 243. The molecule has 1 heterocycles. The predicted molar refractivity (Wildman–Crippen MR) is 66.5 cm³/mol. The number of aromatic nitrogens is 3. The molecule has 1 aromatic heterocycles. The Hall–Kier alpha value is -0.320. The first kappa shape index (κ1) is 17.1. The minimum atomic E-state index is -0.0123. The van der Waals surface area contributed by atoms with Crippen molar-refractivity contribution in [1.29, 1.82) is 0 Å². The Balaban J connectivity index is 0. The first-order chi connectivity index (χ1) is 5.99. The lowest BCUT2D eigenvalue weighted by Crippen LogP contribution is -2.15. The Labute approximate surface area is 103 Å². The van der Waals surface area contributed by atoms with Crippen molar-refractivity contribution >= 4 is 24.8 Å². The van der Waals surface area contributed by atoms with Gasteiger partial charge in [0, 0.05) is 0 Å². The molecule has 0 bridgehead atoms. The zero-order valence-corrected chi connectivity index (χ0v) is 11.0. The molecule has 3 N–H and O–H groups in total. The van der Waals surface area contributed by atoms with Crippen LogP contribution in [0.5, 0.6) is 0 Å². The fraction of sp³-hybridized carbons (Fsp3) is 0.778. The topological polar surface area (TPSA) is 67.6 Å². The van der Waals surface area contributed by atoms with E-state index in [1.165, 1.54) is 6.33 Å². The Morgan fingerprint density at radius 1 is 1.40 bits per heavy atom. The summed E-state index contributed by atoms with van der Waals surface area (Å²) in [6.45, 7) is 6.63. The maximum atomic E-state index is 5.91. The SMILES string of the molecule is CC(C)(C)CCC(N)c1ncn[nH]1.Cl.Cl. The van der Waals surface area contributed by atoms with Crippen LogP contribution < -0.4 is 5.73 Å². The third-order valence-electron chi connectivity index (χ3n) is 1.99. The van der Waals surface area contributed by atoms with Crippen LogP contribution in [-0.4, -0.2) is 15.2 Å². The number of H-pyrrole nitrogens is 1. The van der Waals surface area contributed by atoms with Crippen molar-refractivity contribution in [3.05, 3.63) is 12.2 Å². The molecule has 90 valence electrons. The lowest BCUT2D eigenvalue weighted by molar-refractivity contribution is 0.347. The van der Waals surface area contributed by atoms with Gasteiger partial charge in [-0.25, -0.2) is 4.98 Å². The maximum Gasteiger partial charge on any atom is 0.141 e. The Morgan fingerprint density at radius 2 is 2.00 bits per heavy atom. The van der Waals surface area contributed by atoms with Crippen LogP contribution in [0.2, 0.25) is 0 Å². The molecule has 1 atom stereocenters. The molecule has 1 rings (SSSR count). The molecule has 0 aliphatic rings. The number of nitrogens with one attached hydrogen (secondary N) is 1. The molecule has 15 heavy (non-hydrogen) atoms. The number of rotatable bonds is 3. The lowest BCUT2D eigenvalue weighted by Gasteiger charge is -2.19. The van der Waals surface area contributed by atoms with E-state index in [-0.39, 0.29) is 30.9 Å². The van der Waals surface area contributed by atoms with E-state index >= 15 is 0 Å². The minimum Gasteiger partial charge on any atom is -0.321 e. The molecule has 0 radical (unpaired) electrons. The highest BCUT2D eigenvalue weighted by atomic mass is 35.5. The zero-order chi connectivity index (χ0) is 9.90. The van der Waals surface area contributed by atoms with Gasteiger partial charge in [0.2, 0.25) is 0 Å². The molecule has 0 saturated carbocycles. The van der Waals surface area contributed by atoms with Crippen LogP contribution >= 0.6 is 24.8 Å². The highest BCUT2D eigenvalue weighted by molar-refractivity contribution is 5.85. The summed E-state index contributed by atoms with van der Waals surface area (Å²) < 4.78 is 0. The summed E-state index contributed by atoms with van der Waals surface area (Å²) in [5, 5.41) is 6.56. The highest BCUT2D eigenvalue weighted by Crippen LogP contribution is 2.24. The van der Waals surface area contributed by atoms with Crippen molar-refractivity contribution in [2.24, 2.45) is 11.1 Å². The molecule has 0 fully saturated rings. The maximum absolute atomic E-state index is 5.91. The minimum absolute atomic E-state index is 0. The first-order valence-electron chi connectivity index (χ1n) is 4.60. The van der Waals surface area contributed by atoms with E-state index in [0.29, 0.717) is 5.41 Å². The summed E-state index contributed by atoms with van der Waals surface area (Å²) in [6, 6.07) is -0.0123. The Kier molecular flexibility index (Phi) is 8.02. The van der Waals surface area contributed by atoms with Crippen LogP contribution in [0.3, 0.4) is 0 Å². The number of hydrogen-bond donors (Lipinski definition) is 2. The number of nitrogens with two attached hydrogens (primary N) is 1. The molecule has 0 saturated heterocycles. The summed E-state index contributed by atoms with van der Waals surface area (Å²) in [5.74, 6) is 0.782. The van der Waals surface area contributed by atoms with Gasteiger partial charge in [-0.15, -0.1) is 24.8 Å². The summed E-state index contributed by atoms with van der Waals surface area (Å²) in [5.41, 5.74) is 6.24. The molecule has 6 heteroatoms. The van der Waals surface area contributed by atoms with E-state index in [1.807, 2.05) is 0 Å². The summed E-state index contributed by atoms with van der Waals surface area (Å²) >= 11 is 0.